The van der Waals surface area contributed by atoms with Crippen molar-refractivity contribution in [3.63, 3.8) is 0 Å². The molecule has 0 radical (unpaired) electrons. The van der Waals surface area contributed by atoms with E-state index in [-0.39, 0.29) is 0 Å². The molecule has 4 heteroatoms. The van der Waals surface area contributed by atoms with Gasteiger partial charge in [0.2, 0.25) is 0 Å². The van der Waals surface area contributed by atoms with Gasteiger partial charge < -0.3 is 21.3 Å². The molecule has 0 saturated carbocycles. The molecular formula is C12H32N4+4. The molecule has 0 unspecified atom stereocenters. The maximum atomic E-state index is 2.52. The zero-order valence-electron chi connectivity index (χ0n) is 11.1. The van der Waals surface area contributed by atoms with Crippen molar-refractivity contribution in [2.75, 3.05) is 52.4 Å². The SMILES string of the molecule is CC[NH2+]C[C@H]1C[NH2+]CC[NH2+]C[C@@H]1C[NH2+]CC. The summed E-state index contributed by atoms with van der Waals surface area (Å²) >= 11 is 0. The first-order valence-corrected chi connectivity index (χ1v) is 7.15. The zero-order valence-corrected chi connectivity index (χ0v) is 11.1. The van der Waals surface area contributed by atoms with Crippen LogP contribution in [0.15, 0.2) is 0 Å². The summed E-state index contributed by atoms with van der Waals surface area (Å²) in [6.07, 6.45) is 0. The van der Waals surface area contributed by atoms with Gasteiger partial charge in [0, 0.05) is 0 Å². The minimum atomic E-state index is 0.902. The van der Waals surface area contributed by atoms with Gasteiger partial charge in [0.1, 0.15) is 13.1 Å². The van der Waals surface area contributed by atoms with E-state index in [2.05, 4.69) is 35.1 Å². The van der Waals surface area contributed by atoms with E-state index in [4.69, 9.17) is 0 Å². The summed E-state index contributed by atoms with van der Waals surface area (Å²) in [5, 5.41) is 9.98. The fraction of sp³-hybridized carbons (Fsp3) is 1.00. The lowest BCUT2D eigenvalue weighted by Crippen LogP contribution is -3.01. The van der Waals surface area contributed by atoms with E-state index in [0.29, 0.717) is 0 Å². The standard InChI is InChI=1S/C12H28N4/c1-3-13-7-11-9-15-5-6-16-10-12(11)8-14-4-2/h11-16H,3-10H2,1-2H3/p+4/t11-,12-/m0/s1. The first-order valence-electron chi connectivity index (χ1n) is 7.15. The van der Waals surface area contributed by atoms with Crippen LogP contribution in [0.25, 0.3) is 0 Å². The number of hydrogen-bond donors (Lipinski definition) is 4. The Morgan fingerprint density at radius 2 is 1.31 bits per heavy atom. The normalized spacial score (nSPS) is 27.4. The van der Waals surface area contributed by atoms with Gasteiger partial charge in [0.15, 0.2) is 0 Å². The van der Waals surface area contributed by atoms with Crippen molar-refractivity contribution in [3.8, 4) is 0 Å². The molecule has 0 aromatic rings. The molecule has 0 aliphatic carbocycles. The van der Waals surface area contributed by atoms with Crippen LogP contribution in [0.2, 0.25) is 0 Å². The van der Waals surface area contributed by atoms with Gasteiger partial charge in [-0.1, -0.05) is 0 Å². The first-order chi connectivity index (χ1) is 7.88. The highest BCUT2D eigenvalue weighted by atomic mass is 15.0. The minimum Gasteiger partial charge on any atom is -0.346 e. The van der Waals surface area contributed by atoms with Crippen LogP contribution in [-0.4, -0.2) is 52.4 Å². The number of nitrogens with two attached hydrogens (primary N) is 4. The summed E-state index contributed by atoms with van der Waals surface area (Å²) < 4.78 is 0. The number of hydrogen-bond acceptors (Lipinski definition) is 0. The van der Waals surface area contributed by atoms with Crippen molar-refractivity contribution in [1.29, 1.82) is 0 Å². The van der Waals surface area contributed by atoms with Crippen molar-refractivity contribution < 1.29 is 21.3 Å². The molecule has 16 heavy (non-hydrogen) atoms. The Kier molecular flexibility index (Phi) is 7.76. The van der Waals surface area contributed by atoms with Crippen molar-refractivity contribution in [2.24, 2.45) is 11.8 Å². The highest BCUT2D eigenvalue weighted by Crippen LogP contribution is 2.04. The van der Waals surface area contributed by atoms with Gasteiger partial charge in [-0.2, -0.15) is 0 Å². The average molecular weight is 232 g/mol. The predicted molar refractivity (Wildman–Crippen MR) is 65.0 cm³/mol. The Bertz CT molecular complexity index is 141. The summed E-state index contributed by atoms with van der Waals surface area (Å²) in [6.45, 7) is 14.9. The van der Waals surface area contributed by atoms with Crippen molar-refractivity contribution >= 4 is 0 Å². The van der Waals surface area contributed by atoms with E-state index in [0.717, 1.165) is 11.8 Å². The second kappa shape index (κ2) is 8.93. The lowest BCUT2D eigenvalue weighted by Gasteiger charge is -2.24. The smallest absolute Gasteiger partial charge is 0.125 e. The van der Waals surface area contributed by atoms with Crippen LogP contribution in [-0.2, 0) is 0 Å². The van der Waals surface area contributed by atoms with Crippen LogP contribution in [0.3, 0.4) is 0 Å². The van der Waals surface area contributed by atoms with Crippen LogP contribution in [0.5, 0.6) is 0 Å². The van der Waals surface area contributed by atoms with Crippen LogP contribution < -0.4 is 21.3 Å². The molecular weight excluding hydrogens is 200 g/mol. The minimum absolute atomic E-state index is 0.902. The van der Waals surface area contributed by atoms with E-state index in [1.807, 2.05) is 0 Å². The molecule has 0 amide bonds. The van der Waals surface area contributed by atoms with Gasteiger partial charge in [-0.15, -0.1) is 0 Å². The zero-order chi connectivity index (χ0) is 11.6. The van der Waals surface area contributed by atoms with Crippen LogP contribution in [0.1, 0.15) is 13.8 Å². The fourth-order valence-corrected chi connectivity index (χ4v) is 2.62. The second-order valence-corrected chi connectivity index (χ2v) is 5.01. The van der Waals surface area contributed by atoms with Crippen LogP contribution >= 0.6 is 0 Å². The predicted octanol–water partition coefficient (Wildman–Crippen LogP) is -4.47. The maximum Gasteiger partial charge on any atom is 0.125 e. The Morgan fingerprint density at radius 1 is 0.875 bits per heavy atom. The first kappa shape index (κ1) is 13.9. The average Bonchev–Trinajstić information content (AvgIpc) is 2.27. The maximum absolute atomic E-state index is 2.52. The molecule has 0 bridgehead atoms. The second-order valence-electron chi connectivity index (χ2n) is 5.01. The Hall–Kier alpha value is -0.160. The summed E-state index contributed by atoms with van der Waals surface area (Å²) in [4.78, 5) is 0. The highest BCUT2D eigenvalue weighted by Gasteiger charge is 2.28. The van der Waals surface area contributed by atoms with E-state index >= 15 is 0 Å². The molecule has 1 aliphatic heterocycles. The molecule has 1 aliphatic rings. The van der Waals surface area contributed by atoms with Gasteiger partial charge in [0.25, 0.3) is 0 Å². The fourth-order valence-electron chi connectivity index (χ4n) is 2.62. The largest absolute Gasteiger partial charge is 0.346 e. The molecule has 96 valence electrons. The van der Waals surface area contributed by atoms with Crippen LogP contribution in [0, 0.1) is 11.8 Å². The molecule has 1 saturated heterocycles. The third kappa shape index (κ3) is 5.25. The van der Waals surface area contributed by atoms with Gasteiger partial charge in [-0.25, -0.2) is 0 Å². The molecule has 1 heterocycles. The molecule has 0 spiro atoms. The lowest BCUT2D eigenvalue weighted by atomic mass is 9.91. The molecule has 0 aromatic heterocycles. The summed E-state index contributed by atoms with van der Waals surface area (Å²) in [6, 6.07) is 0. The van der Waals surface area contributed by atoms with Crippen molar-refractivity contribution in [2.45, 2.75) is 13.8 Å². The lowest BCUT2D eigenvalue weighted by molar-refractivity contribution is -0.756. The van der Waals surface area contributed by atoms with E-state index in [9.17, 15) is 0 Å². The molecule has 0 aromatic carbocycles. The van der Waals surface area contributed by atoms with Gasteiger partial charge in [0.05, 0.1) is 51.1 Å². The quantitative estimate of drug-likeness (QED) is 0.357. The molecule has 1 fully saturated rings. The Morgan fingerprint density at radius 3 is 1.69 bits per heavy atom. The van der Waals surface area contributed by atoms with Crippen LogP contribution in [0.4, 0.5) is 0 Å². The van der Waals surface area contributed by atoms with Gasteiger partial charge in [-0.3, -0.25) is 0 Å². The van der Waals surface area contributed by atoms with Gasteiger partial charge >= 0.3 is 0 Å². The number of rotatable bonds is 6. The monoisotopic (exact) mass is 232 g/mol. The summed E-state index contributed by atoms with van der Waals surface area (Å²) in [7, 11) is 0. The Balaban J connectivity index is 2.39. The highest BCUT2D eigenvalue weighted by molar-refractivity contribution is 4.66. The molecule has 8 N–H and O–H groups in total. The summed E-state index contributed by atoms with van der Waals surface area (Å²) in [5.74, 6) is 1.80. The van der Waals surface area contributed by atoms with E-state index in [1.54, 1.807) is 0 Å². The molecule has 2 atom stereocenters. The molecule has 1 rings (SSSR count). The topological polar surface area (TPSA) is 66.4 Å². The number of quaternary nitrogens is 4. The van der Waals surface area contributed by atoms with Crippen molar-refractivity contribution in [3.05, 3.63) is 0 Å². The third-order valence-corrected chi connectivity index (χ3v) is 3.70. The van der Waals surface area contributed by atoms with E-state index in [1.165, 1.54) is 52.4 Å². The van der Waals surface area contributed by atoms with Crippen molar-refractivity contribution in [1.82, 2.24) is 0 Å². The Labute approximate surface area is 99.9 Å². The summed E-state index contributed by atoms with van der Waals surface area (Å²) in [5.41, 5.74) is 0. The van der Waals surface area contributed by atoms with Gasteiger partial charge in [-0.05, 0) is 13.8 Å². The third-order valence-electron chi connectivity index (χ3n) is 3.70. The van der Waals surface area contributed by atoms with E-state index < -0.39 is 0 Å². The molecule has 4 nitrogen and oxygen atoms in total.